The number of amides is 2. The zero-order chi connectivity index (χ0) is 23.8. The number of ether oxygens (including phenoxy) is 2. The highest BCUT2D eigenvalue weighted by molar-refractivity contribution is 6.05. The number of hydrogen-bond donors (Lipinski definition) is 2. The van der Waals surface area contributed by atoms with Gasteiger partial charge in [0.25, 0.3) is 0 Å². The van der Waals surface area contributed by atoms with Crippen LogP contribution < -0.4 is 5.32 Å². The van der Waals surface area contributed by atoms with Crippen molar-refractivity contribution < 1.29 is 29.0 Å². The van der Waals surface area contributed by atoms with E-state index >= 15 is 0 Å². The van der Waals surface area contributed by atoms with Gasteiger partial charge in [0.15, 0.2) is 0 Å². The van der Waals surface area contributed by atoms with E-state index in [1.807, 2.05) is 0 Å². The number of nitrogens with one attached hydrogen (secondary N) is 1. The number of benzene rings is 1. The first kappa shape index (κ1) is 23.5. The normalized spacial score (nSPS) is 19.2. The fourth-order valence-corrected chi connectivity index (χ4v) is 3.44. The maximum absolute atomic E-state index is 13.0. The molecular formula is C22H30N4O6. The van der Waals surface area contributed by atoms with Crippen molar-refractivity contribution >= 4 is 34.7 Å². The maximum Gasteiger partial charge on any atom is 0.435 e. The van der Waals surface area contributed by atoms with Crippen molar-refractivity contribution in [2.24, 2.45) is 0 Å². The summed E-state index contributed by atoms with van der Waals surface area (Å²) in [5.41, 5.74) is -0.572. The number of rotatable bonds is 2. The second-order valence-electron chi connectivity index (χ2n) is 9.74. The fraction of sp³-hybridized carbons (Fsp3) is 0.545. The topological polar surface area (TPSA) is 123 Å². The smallest absolute Gasteiger partial charge is 0.435 e. The molecule has 32 heavy (non-hydrogen) atoms. The number of aromatic nitrogens is 2. The Hall–Kier alpha value is -3.14. The molecule has 2 heterocycles. The lowest BCUT2D eigenvalue weighted by molar-refractivity contribution is -0.122. The number of likely N-dealkylation sites (tertiary alicyclic amines) is 1. The maximum atomic E-state index is 13.0. The molecule has 2 aromatic rings. The molecule has 10 nitrogen and oxygen atoms in total. The van der Waals surface area contributed by atoms with Crippen molar-refractivity contribution in [3.63, 3.8) is 0 Å². The Bertz CT molecular complexity index is 1030. The molecule has 1 aliphatic heterocycles. The number of aliphatic hydroxyl groups excluding tert-OH is 1. The van der Waals surface area contributed by atoms with E-state index in [0.29, 0.717) is 16.6 Å². The van der Waals surface area contributed by atoms with E-state index in [-0.39, 0.29) is 13.0 Å². The van der Waals surface area contributed by atoms with Gasteiger partial charge in [-0.1, -0.05) is 6.07 Å². The minimum atomic E-state index is -1.10. The fourth-order valence-electron chi connectivity index (χ4n) is 3.44. The van der Waals surface area contributed by atoms with Crippen LogP contribution in [0.4, 0.5) is 15.3 Å². The molecule has 2 N–H and O–H groups in total. The third-order valence-electron chi connectivity index (χ3n) is 4.70. The summed E-state index contributed by atoms with van der Waals surface area (Å²) in [6.07, 6.45) is -0.612. The number of fused-ring (bicyclic) bond motifs is 1. The van der Waals surface area contributed by atoms with Crippen molar-refractivity contribution in [2.45, 2.75) is 71.3 Å². The zero-order valence-corrected chi connectivity index (χ0v) is 19.2. The number of hydrogen-bond acceptors (Lipinski definition) is 7. The number of anilines is 1. The molecule has 10 heteroatoms. The van der Waals surface area contributed by atoms with E-state index in [9.17, 15) is 19.5 Å². The minimum Gasteiger partial charge on any atom is -0.444 e. The molecular weight excluding hydrogens is 416 g/mol. The molecule has 0 saturated carbocycles. The first-order chi connectivity index (χ1) is 14.8. The predicted molar refractivity (Wildman–Crippen MR) is 117 cm³/mol. The Kier molecular flexibility index (Phi) is 6.19. The van der Waals surface area contributed by atoms with Crippen LogP contribution in [-0.4, -0.2) is 67.8 Å². The first-order valence-corrected chi connectivity index (χ1v) is 10.5. The summed E-state index contributed by atoms with van der Waals surface area (Å²) >= 11 is 0. The highest BCUT2D eigenvalue weighted by Gasteiger charge is 2.43. The summed E-state index contributed by atoms with van der Waals surface area (Å²) in [6, 6.07) is 3.90. The van der Waals surface area contributed by atoms with Crippen LogP contribution in [-0.2, 0) is 14.3 Å². The van der Waals surface area contributed by atoms with E-state index in [4.69, 9.17) is 9.47 Å². The van der Waals surface area contributed by atoms with Gasteiger partial charge in [-0.15, -0.1) is 0 Å². The summed E-state index contributed by atoms with van der Waals surface area (Å²) in [6.45, 7) is 10.7. The Balaban J connectivity index is 1.83. The Labute approximate surface area is 186 Å². The highest BCUT2D eigenvalue weighted by Crippen LogP contribution is 2.27. The summed E-state index contributed by atoms with van der Waals surface area (Å²) < 4.78 is 11.9. The van der Waals surface area contributed by atoms with Crippen LogP contribution in [0.25, 0.3) is 10.9 Å². The summed E-state index contributed by atoms with van der Waals surface area (Å²) in [5, 5.41) is 17.7. The van der Waals surface area contributed by atoms with Gasteiger partial charge in [-0.25, -0.2) is 9.59 Å². The van der Waals surface area contributed by atoms with Gasteiger partial charge in [0, 0.05) is 11.9 Å². The quantitative estimate of drug-likeness (QED) is 0.726. The van der Waals surface area contributed by atoms with Crippen molar-refractivity contribution in [1.29, 1.82) is 0 Å². The van der Waals surface area contributed by atoms with Gasteiger partial charge in [-0.3, -0.25) is 9.69 Å². The van der Waals surface area contributed by atoms with Gasteiger partial charge in [-0.2, -0.15) is 9.78 Å². The molecule has 3 rings (SSSR count). The van der Waals surface area contributed by atoms with Gasteiger partial charge in [0.1, 0.15) is 17.2 Å². The molecule has 1 aromatic heterocycles. The molecule has 0 unspecified atom stereocenters. The van der Waals surface area contributed by atoms with E-state index in [1.165, 1.54) is 11.1 Å². The second-order valence-corrected chi connectivity index (χ2v) is 9.74. The standard InChI is InChI=1S/C22H30N4O6/c1-21(2,3)31-19(29)25-11-10-16(27)17(25)18(28)24-14-8-7-9-15-13(14)12-23-26(15)20(30)32-22(4,5)6/h7-9,12,16-17,27H,10-11H2,1-6H3,(H,24,28)/t16-,17+/m0/s1. The highest BCUT2D eigenvalue weighted by atomic mass is 16.6. The van der Waals surface area contributed by atoms with Crippen LogP contribution in [0.15, 0.2) is 24.4 Å². The van der Waals surface area contributed by atoms with Crippen molar-refractivity contribution in [3.8, 4) is 0 Å². The van der Waals surface area contributed by atoms with E-state index < -0.39 is 41.4 Å². The van der Waals surface area contributed by atoms with Crippen molar-refractivity contribution in [1.82, 2.24) is 14.7 Å². The van der Waals surface area contributed by atoms with E-state index in [0.717, 1.165) is 4.68 Å². The number of aliphatic hydroxyl groups is 1. The zero-order valence-electron chi connectivity index (χ0n) is 19.2. The molecule has 1 fully saturated rings. The summed E-state index contributed by atoms with van der Waals surface area (Å²) in [5.74, 6) is -0.557. The largest absolute Gasteiger partial charge is 0.444 e. The lowest BCUT2D eigenvalue weighted by Crippen LogP contribution is -2.49. The van der Waals surface area contributed by atoms with Crippen LogP contribution >= 0.6 is 0 Å². The lowest BCUT2D eigenvalue weighted by atomic mass is 10.1. The number of nitrogens with zero attached hydrogens (tertiary/aromatic N) is 3. The van der Waals surface area contributed by atoms with Crippen LogP contribution in [0, 0.1) is 0 Å². The third-order valence-corrected chi connectivity index (χ3v) is 4.70. The van der Waals surface area contributed by atoms with Crippen LogP contribution in [0.3, 0.4) is 0 Å². The van der Waals surface area contributed by atoms with Crippen LogP contribution in [0.1, 0.15) is 48.0 Å². The predicted octanol–water partition coefficient (Wildman–Crippen LogP) is 3.13. The molecule has 2 amide bonds. The summed E-state index contributed by atoms with van der Waals surface area (Å²) in [4.78, 5) is 39.2. The van der Waals surface area contributed by atoms with Gasteiger partial charge >= 0.3 is 12.2 Å². The molecule has 0 radical (unpaired) electrons. The average molecular weight is 447 g/mol. The second kappa shape index (κ2) is 8.42. The van der Waals surface area contributed by atoms with Crippen molar-refractivity contribution in [2.75, 3.05) is 11.9 Å². The summed E-state index contributed by atoms with van der Waals surface area (Å²) in [7, 11) is 0. The molecule has 0 bridgehead atoms. The van der Waals surface area contributed by atoms with Crippen LogP contribution in [0.2, 0.25) is 0 Å². The first-order valence-electron chi connectivity index (χ1n) is 10.5. The monoisotopic (exact) mass is 446 g/mol. The lowest BCUT2D eigenvalue weighted by Gasteiger charge is -2.28. The van der Waals surface area contributed by atoms with Gasteiger partial charge < -0.3 is 19.9 Å². The Morgan fingerprint density at radius 3 is 2.31 bits per heavy atom. The Morgan fingerprint density at radius 1 is 1.06 bits per heavy atom. The average Bonchev–Trinajstić information content (AvgIpc) is 3.23. The third kappa shape index (κ3) is 5.18. The Morgan fingerprint density at radius 2 is 1.69 bits per heavy atom. The van der Waals surface area contributed by atoms with Crippen LogP contribution in [0.5, 0.6) is 0 Å². The van der Waals surface area contributed by atoms with E-state index in [2.05, 4.69) is 10.4 Å². The van der Waals surface area contributed by atoms with Gasteiger partial charge in [-0.05, 0) is 60.1 Å². The molecule has 1 aromatic carbocycles. The molecule has 1 saturated heterocycles. The molecule has 0 spiro atoms. The molecule has 1 aliphatic rings. The van der Waals surface area contributed by atoms with Crippen molar-refractivity contribution in [3.05, 3.63) is 24.4 Å². The number of carbonyl (C=O) groups is 3. The van der Waals surface area contributed by atoms with Gasteiger partial charge in [0.2, 0.25) is 5.91 Å². The van der Waals surface area contributed by atoms with Gasteiger partial charge in [0.05, 0.1) is 23.5 Å². The minimum absolute atomic E-state index is 0.203. The number of carbonyl (C=O) groups excluding carboxylic acids is 3. The molecule has 0 aliphatic carbocycles. The molecule has 174 valence electrons. The SMILES string of the molecule is CC(C)(C)OC(=O)N1CC[C@H](O)[C@@H]1C(=O)Nc1cccc2c1cnn2C(=O)OC(C)(C)C. The molecule has 2 atom stereocenters. The van der Waals surface area contributed by atoms with E-state index in [1.54, 1.807) is 59.7 Å².